The molecular weight excluding hydrogens is 517 g/mol. The Balaban J connectivity index is 0.00000320. The Hall–Kier alpha value is -1.94. The molecular formula is C21H29ClIN5O2. The third-order valence-corrected chi connectivity index (χ3v) is 4.98. The first kappa shape index (κ1) is 24.3. The number of hydrogen-bond donors (Lipinski definition) is 2. The first-order chi connectivity index (χ1) is 14.1. The molecule has 2 N–H and O–H groups in total. The predicted octanol–water partition coefficient (Wildman–Crippen LogP) is 3.70. The van der Waals surface area contributed by atoms with Gasteiger partial charge in [-0.25, -0.2) is 9.98 Å². The second kappa shape index (κ2) is 12.0. The molecule has 1 unspecified atom stereocenters. The van der Waals surface area contributed by atoms with Crippen molar-refractivity contribution >= 4 is 47.2 Å². The van der Waals surface area contributed by atoms with Crippen molar-refractivity contribution in [2.75, 3.05) is 38.8 Å². The molecule has 2 heterocycles. The van der Waals surface area contributed by atoms with Crippen molar-refractivity contribution in [1.82, 2.24) is 15.6 Å². The molecule has 0 amide bonds. The Bertz CT molecular complexity index is 852. The van der Waals surface area contributed by atoms with E-state index in [1.807, 2.05) is 36.4 Å². The molecule has 1 fully saturated rings. The minimum Gasteiger partial charge on any atom is -0.495 e. The SMILES string of the molecule is CCNC(=NCc1cccc(OC)n1)NC1CCN(c2cc(Cl)ccc2OC)C1.I. The van der Waals surface area contributed by atoms with Crippen LogP contribution in [0.4, 0.5) is 5.69 Å². The second-order valence-corrected chi connectivity index (χ2v) is 7.20. The van der Waals surface area contributed by atoms with Crippen LogP contribution < -0.4 is 25.0 Å². The lowest BCUT2D eigenvalue weighted by atomic mass is 10.2. The van der Waals surface area contributed by atoms with E-state index in [-0.39, 0.29) is 30.0 Å². The van der Waals surface area contributed by atoms with Crippen LogP contribution in [0.15, 0.2) is 41.4 Å². The van der Waals surface area contributed by atoms with Crippen molar-refractivity contribution in [1.29, 1.82) is 0 Å². The van der Waals surface area contributed by atoms with E-state index in [9.17, 15) is 0 Å². The number of aromatic nitrogens is 1. The molecule has 164 valence electrons. The Morgan fingerprint density at radius 3 is 2.83 bits per heavy atom. The van der Waals surface area contributed by atoms with Crippen LogP contribution in [0.2, 0.25) is 5.02 Å². The topological polar surface area (TPSA) is 71.0 Å². The Kier molecular flexibility index (Phi) is 9.77. The summed E-state index contributed by atoms with van der Waals surface area (Å²) >= 11 is 6.19. The van der Waals surface area contributed by atoms with Gasteiger partial charge in [-0.15, -0.1) is 24.0 Å². The number of guanidine groups is 1. The highest BCUT2D eigenvalue weighted by molar-refractivity contribution is 14.0. The molecule has 1 atom stereocenters. The fraction of sp³-hybridized carbons (Fsp3) is 0.429. The van der Waals surface area contributed by atoms with Crippen LogP contribution in [-0.2, 0) is 6.54 Å². The number of hydrogen-bond acceptors (Lipinski definition) is 5. The standard InChI is InChI=1S/C21H28ClN5O2.HI/c1-4-23-21(24-13-16-6-5-7-20(25-16)29-3)26-17-10-11-27(14-17)18-12-15(22)8-9-19(18)28-2;/h5-9,12,17H,4,10-11,13-14H2,1-3H3,(H2,23,24,26);1H. The average Bonchev–Trinajstić information content (AvgIpc) is 3.20. The first-order valence-electron chi connectivity index (χ1n) is 9.76. The number of ether oxygens (including phenoxy) is 2. The maximum absolute atomic E-state index is 6.19. The van der Waals surface area contributed by atoms with Gasteiger partial charge in [0.2, 0.25) is 5.88 Å². The molecule has 0 aliphatic carbocycles. The van der Waals surface area contributed by atoms with Crippen molar-refractivity contribution in [3.05, 3.63) is 47.1 Å². The number of halogens is 2. The minimum absolute atomic E-state index is 0. The molecule has 1 aromatic carbocycles. The van der Waals surface area contributed by atoms with Gasteiger partial charge in [0.1, 0.15) is 5.75 Å². The highest BCUT2D eigenvalue weighted by Crippen LogP contribution is 2.33. The molecule has 1 aliphatic heterocycles. The summed E-state index contributed by atoms with van der Waals surface area (Å²) in [7, 11) is 3.29. The van der Waals surface area contributed by atoms with Crippen molar-refractivity contribution in [3.8, 4) is 11.6 Å². The molecule has 1 saturated heterocycles. The van der Waals surface area contributed by atoms with Crippen molar-refractivity contribution in [3.63, 3.8) is 0 Å². The quantitative estimate of drug-likeness (QED) is 0.314. The van der Waals surface area contributed by atoms with Gasteiger partial charge in [0.25, 0.3) is 0 Å². The summed E-state index contributed by atoms with van der Waals surface area (Å²) in [5, 5.41) is 7.55. The molecule has 0 spiro atoms. The number of rotatable bonds is 7. The van der Waals surface area contributed by atoms with Gasteiger partial charge in [-0.2, -0.15) is 0 Å². The van der Waals surface area contributed by atoms with E-state index in [0.717, 1.165) is 49.1 Å². The molecule has 9 heteroatoms. The number of nitrogens with zero attached hydrogens (tertiary/aromatic N) is 3. The third kappa shape index (κ3) is 6.53. The van der Waals surface area contributed by atoms with E-state index in [1.165, 1.54) is 0 Å². The van der Waals surface area contributed by atoms with Crippen LogP contribution in [0.3, 0.4) is 0 Å². The normalized spacial score (nSPS) is 16.1. The fourth-order valence-corrected chi connectivity index (χ4v) is 3.51. The highest BCUT2D eigenvalue weighted by Gasteiger charge is 2.25. The van der Waals surface area contributed by atoms with Gasteiger partial charge in [-0.05, 0) is 37.6 Å². The van der Waals surface area contributed by atoms with Crippen molar-refractivity contribution in [2.45, 2.75) is 25.9 Å². The number of pyridine rings is 1. The highest BCUT2D eigenvalue weighted by atomic mass is 127. The molecule has 1 aromatic heterocycles. The van der Waals surface area contributed by atoms with Gasteiger partial charge >= 0.3 is 0 Å². The van der Waals surface area contributed by atoms with Gasteiger partial charge in [-0.1, -0.05) is 17.7 Å². The number of methoxy groups -OCH3 is 2. The van der Waals surface area contributed by atoms with Crippen LogP contribution in [0.1, 0.15) is 19.0 Å². The van der Waals surface area contributed by atoms with Gasteiger partial charge in [-0.3, -0.25) is 0 Å². The maximum Gasteiger partial charge on any atom is 0.213 e. The predicted molar refractivity (Wildman–Crippen MR) is 133 cm³/mol. The summed E-state index contributed by atoms with van der Waals surface area (Å²) in [5.41, 5.74) is 1.88. The monoisotopic (exact) mass is 545 g/mol. The summed E-state index contributed by atoms with van der Waals surface area (Å²) in [4.78, 5) is 11.4. The molecule has 0 bridgehead atoms. The van der Waals surface area contributed by atoms with E-state index in [4.69, 9.17) is 21.1 Å². The van der Waals surface area contributed by atoms with Gasteiger partial charge in [0.05, 0.1) is 32.1 Å². The van der Waals surface area contributed by atoms with Crippen LogP contribution >= 0.6 is 35.6 Å². The lowest BCUT2D eigenvalue weighted by molar-refractivity contribution is 0.396. The summed E-state index contributed by atoms with van der Waals surface area (Å²) < 4.78 is 10.7. The summed E-state index contributed by atoms with van der Waals surface area (Å²) in [6, 6.07) is 11.7. The number of benzene rings is 1. The second-order valence-electron chi connectivity index (χ2n) is 6.76. The zero-order valence-electron chi connectivity index (χ0n) is 17.5. The Labute approximate surface area is 200 Å². The fourth-order valence-electron chi connectivity index (χ4n) is 3.34. The summed E-state index contributed by atoms with van der Waals surface area (Å²) in [6.45, 7) is 5.09. The van der Waals surface area contributed by atoms with E-state index < -0.39 is 0 Å². The lowest BCUT2D eigenvalue weighted by Crippen LogP contribution is -2.44. The summed E-state index contributed by atoms with van der Waals surface area (Å²) in [5.74, 6) is 2.21. The molecule has 30 heavy (non-hydrogen) atoms. The molecule has 2 aromatic rings. The molecule has 3 rings (SSSR count). The molecule has 0 radical (unpaired) electrons. The maximum atomic E-state index is 6.19. The molecule has 1 aliphatic rings. The Morgan fingerprint density at radius 1 is 1.27 bits per heavy atom. The molecule has 7 nitrogen and oxygen atoms in total. The van der Waals surface area contributed by atoms with Crippen LogP contribution in [0.5, 0.6) is 11.6 Å². The van der Waals surface area contributed by atoms with E-state index in [2.05, 4.69) is 32.4 Å². The zero-order valence-corrected chi connectivity index (χ0v) is 20.6. The van der Waals surface area contributed by atoms with Crippen molar-refractivity contribution in [2.24, 2.45) is 4.99 Å². The van der Waals surface area contributed by atoms with Gasteiger partial charge in [0, 0.05) is 36.8 Å². The average molecular weight is 546 g/mol. The number of aliphatic imine (C=N–C) groups is 1. The van der Waals surface area contributed by atoms with Crippen LogP contribution in [0.25, 0.3) is 0 Å². The summed E-state index contributed by atoms with van der Waals surface area (Å²) in [6.07, 6.45) is 0.998. The van der Waals surface area contributed by atoms with Gasteiger partial charge < -0.3 is 25.0 Å². The zero-order chi connectivity index (χ0) is 20.6. The lowest BCUT2D eigenvalue weighted by Gasteiger charge is -2.22. The third-order valence-electron chi connectivity index (χ3n) is 4.74. The number of anilines is 1. The van der Waals surface area contributed by atoms with Gasteiger partial charge in [0.15, 0.2) is 5.96 Å². The number of nitrogens with one attached hydrogen (secondary N) is 2. The van der Waals surface area contributed by atoms with Crippen LogP contribution in [0, 0.1) is 0 Å². The van der Waals surface area contributed by atoms with E-state index in [0.29, 0.717) is 17.4 Å². The molecule has 0 saturated carbocycles. The minimum atomic E-state index is 0. The largest absolute Gasteiger partial charge is 0.495 e. The van der Waals surface area contributed by atoms with E-state index >= 15 is 0 Å². The Morgan fingerprint density at radius 2 is 2.10 bits per heavy atom. The van der Waals surface area contributed by atoms with Crippen molar-refractivity contribution < 1.29 is 9.47 Å². The van der Waals surface area contributed by atoms with Crippen LogP contribution in [-0.4, -0.2) is 50.8 Å². The smallest absolute Gasteiger partial charge is 0.213 e. The van der Waals surface area contributed by atoms with E-state index in [1.54, 1.807) is 14.2 Å². The first-order valence-corrected chi connectivity index (χ1v) is 10.1.